The van der Waals surface area contributed by atoms with E-state index in [1.807, 2.05) is 25.3 Å². The van der Waals surface area contributed by atoms with Crippen LogP contribution in [0, 0.1) is 6.92 Å². The first-order chi connectivity index (χ1) is 9.52. The Hall–Kier alpha value is -2.08. The molecule has 1 heterocycles. The molecule has 1 atom stereocenters. The summed E-state index contributed by atoms with van der Waals surface area (Å²) < 4.78 is 4.71. The van der Waals surface area contributed by atoms with Gasteiger partial charge in [-0.2, -0.15) is 0 Å². The van der Waals surface area contributed by atoms with Crippen LogP contribution in [-0.4, -0.2) is 18.1 Å². The van der Waals surface area contributed by atoms with E-state index in [0.717, 1.165) is 10.7 Å². The van der Waals surface area contributed by atoms with Crippen LogP contribution in [0.4, 0.5) is 11.4 Å². The lowest BCUT2D eigenvalue weighted by atomic mass is 10.1. The number of aryl methyl sites for hydroxylation is 1. The van der Waals surface area contributed by atoms with Gasteiger partial charge in [0.05, 0.1) is 30.1 Å². The number of carbonyl (C=O) groups excluding carboxylic acids is 1. The lowest BCUT2D eigenvalue weighted by molar-refractivity contribution is 0.0602. The Bertz CT molecular complexity index is 625. The molecule has 2 rings (SSSR count). The maximum atomic E-state index is 11.6. The molecule has 0 saturated heterocycles. The zero-order valence-corrected chi connectivity index (χ0v) is 12.5. The molecule has 6 heteroatoms. The minimum absolute atomic E-state index is 0.0175. The van der Waals surface area contributed by atoms with E-state index in [4.69, 9.17) is 10.5 Å². The normalized spacial score (nSPS) is 11.9. The molecule has 0 saturated carbocycles. The number of nitrogens with one attached hydrogen (secondary N) is 1. The van der Waals surface area contributed by atoms with Crippen LogP contribution in [0.3, 0.4) is 0 Å². The first kappa shape index (κ1) is 14.3. The van der Waals surface area contributed by atoms with Crippen molar-refractivity contribution < 1.29 is 9.53 Å². The maximum absolute atomic E-state index is 11.6. The van der Waals surface area contributed by atoms with Gasteiger partial charge in [0.1, 0.15) is 5.01 Å². The highest BCUT2D eigenvalue weighted by Gasteiger charge is 2.15. The highest BCUT2D eigenvalue weighted by molar-refractivity contribution is 7.09. The van der Waals surface area contributed by atoms with Crippen molar-refractivity contribution in [2.75, 3.05) is 18.2 Å². The molecule has 0 aliphatic rings. The molecular weight excluding hydrogens is 274 g/mol. The number of benzene rings is 1. The summed E-state index contributed by atoms with van der Waals surface area (Å²) in [6.07, 6.45) is 0. The van der Waals surface area contributed by atoms with Gasteiger partial charge in [-0.1, -0.05) is 6.07 Å². The molecule has 1 unspecified atom stereocenters. The number of rotatable bonds is 4. The maximum Gasteiger partial charge on any atom is 0.340 e. The number of nitrogens with two attached hydrogens (primary N) is 1. The third-order valence-electron chi connectivity index (χ3n) is 2.89. The molecule has 0 spiro atoms. The number of para-hydroxylation sites is 1. The topological polar surface area (TPSA) is 77.2 Å². The fraction of sp³-hybridized carbons (Fsp3) is 0.286. The second kappa shape index (κ2) is 5.92. The number of carbonyl (C=O) groups is 1. The highest BCUT2D eigenvalue weighted by Crippen LogP contribution is 2.28. The Morgan fingerprint density at radius 2 is 2.25 bits per heavy atom. The Morgan fingerprint density at radius 3 is 2.85 bits per heavy atom. The molecule has 20 heavy (non-hydrogen) atoms. The van der Waals surface area contributed by atoms with E-state index in [9.17, 15) is 4.79 Å². The zero-order chi connectivity index (χ0) is 14.7. The largest absolute Gasteiger partial charge is 0.465 e. The average molecular weight is 291 g/mol. The van der Waals surface area contributed by atoms with Crippen molar-refractivity contribution in [2.24, 2.45) is 0 Å². The summed E-state index contributed by atoms with van der Waals surface area (Å²) in [6.45, 7) is 3.96. The first-order valence-corrected chi connectivity index (χ1v) is 7.06. The van der Waals surface area contributed by atoms with Gasteiger partial charge < -0.3 is 15.8 Å². The second-order valence-corrected chi connectivity index (χ2v) is 5.34. The smallest absolute Gasteiger partial charge is 0.340 e. The molecule has 1 aromatic heterocycles. The molecule has 0 aliphatic heterocycles. The summed E-state index contributed by atoms with van der Waals surface area (Å²) in [5, 5.41) is 6.25. The SMILES string of the molecule is COC(=O)c1cccc(NC(C)c2nc(C)cs2)c1N. The van der Waals surface area contributed by atoms with Crippen LogP contribution >= 0.6 is 11.3 Å². The van der Waals surface area contributed by atoms with Gasteiger partial charge in [-0.25, -0.2) is 9.78 Å². The molecule has 5 nitrogen and oxygen atoms in total. The standard InChI is InChI=1S/C14H17N3O2S/c1-8-7-20-13(16-8)9(2)17-11-6-4-5-10(12(11)15)14(18)19-3/h4-7,9,17H,15H2,1-3H3. The van der Waals surface area contributed by atoms with E-state index in [0.29, 0.717) is 16.9 Å². The van der Waals surface area contributed by atoms with Crippen molar-refractivity contribution in [3.63, 3.8) is 0 Å². The van der Waals surface area contributed by atoms with Gasteiger partial charge >= 0.3 is 5.97 Å². The van der Waals surface area contributed by atoms with Crippen molar-refractivity contribution in [1.29, 1.82) is 0 Å². The van der Waals surface area contributed by atoms with Gasteiger partial charge in [0.15, 0.2) is 0 Å². The lowest BCUT2D eigenvalue weighted by Crippen LogP contribution is -2.11. The lowest BCUT2D eigenvalue weighted by Gasteiger charge is -2.16. The Kier molecular flexibility index (Phi) is 4.24. The van der Waals surface area contributed by atoms with Crippen LogP contribution in [0.5, 0.6) is 0 Å². The summed E-state index contributed by atoms with van der Waals surface area (Å²) in [5.74, 6) is -0.441. The molecule has 0 aliphatic carbocycles. The van der Waals surface area contributed by atoms with Crippen LogP contribution in [-0.2, 0) is 4.74 Å². The van der Waals surface area contributed by atoms with Crippen molar-refractivity contribution in [3.8, 4) is 0 Å². The van der Waals surface area contributed by atoms with Gasteiger partial charge in [0.2, 0.25) is 0 Å². The van der Waals surface area contributed by atoms with Crippen molar-refractivity contribution in [3.05, 3.63) is 39.8 Å². The predicted octanol–water partition coefficient (Wildman–Crippen LogP) is 2.99. The summed E-state index contributed by atoms with van der Waals surface area (Å²) >= 11 is 1.59. The highest BCUT2D eigenvalue weighted by atomic mass is 32.1. The molecule has 0 radical (unpaired) electrons. The van der Waals surface area contributed by atoms with Crippen LogP contribution in [0.15, 0.2) is 23.6 Å². The number of methoxy groups -OCH3 is 1. The molecule has 0 amide bonds. The van der Waals surface area contributed by atoms with Crippen molar-refractivity contribution in [2.45, 2.75) is 19.9 Å². The molecule has 2 aromatic rings. The van der Waals surface area contributed by atoms with Gasteiger partial charge in [-0.15, -0.1) is 11.3 Å². The molecule has 0 bridgehead atoms. The van der Waals surface area contributed by atoms with Gasteiger partial charge in [0, 0.05) is 11.1 Å². The summed E-state index contributed by atoms with van der Waals surface area (Å²) in [4.78, 5) is 16.0. The predicted molar refractivity (Wildman–Crippen MR) is 81.1 cm³/mol. The Balaban J connectivity index is 2.23. The van der Waals surface area contributed by atoms with E-state index in [1.54, 1.807) is 23.5 Å². The molecule has 1 aromatic carbocycles. The fourth-order valence-corrected chi connectivity index (χ4v) is 2.65. The fourth-order valence-electron chi connectivity index (χ4n) is 1.85. The number of anilines is 2. The number of nitrogen functional groups attached to an aromatic ring is 1. The molecule has 106 valence electrons. The van der Waals surface area contributed by atoms with Crippen LogP contribution in [0.1, 0.15) is 34.0 Å². The van der Waals surface area contributed by atoms with E-state index in [-0.39, 0.29) is 6.04 Å². The van der Waals surface area contributed by atoms with Crippen molar-refractivity contribution >= 4 is 28.7 Å². The van der Waals surface area contributed by atoms with E-state index >= 15 is 0 Å². The second-order valence-electron chi connectivity index (χ2n) is 4.45. The number of hydrogen-bond acceptors (Lipinski definition) is 6. The number of esters is 1. The molecule has 0 fully saturated rings. The minimum Gasteiger partial charge on any atom is -0.465 e. The van der Waals surface area contributed by atoms with Gasteiger partial charge in [-0.05, 0) is 26.0 Å². The molecular formula is C14H17N3O2S. The average Bonchev–Trinajstić information content (AvgIpc) is 2.87. The van der Waals surface area contributed by atoms with Crippen LogP contribution < -0.4 is 11.1 Å². The van der Waals surface area contributed by atoms with Crippen LogP contribution in [0.2, 0.25) is 0 Å². The monoisotopic (exact) mass is 291 g/mol. The van der Waals surface area contributed by atoms with Gasteiger partial charge in [0.25, 0.3) is 0 Å². The van der Waals surface area contributed by atoms with E-state index in [2.05, 4.69) is 10.3 Å². The molecule has 3 N–H and O–H groups in total. The third kappa shape index (κ3) is 2.91. The van der Waals surface area contributed by atoms with Crippen LogP contribution in [0.25, 0.3) is 0 Å². The zero-order valence-electron chi connectivity index (χ0n) is 11.6. The van der Waals surface area contributed by atoms with E-state index in [1.165, 1.54) is 7.11 Å². The number of thiazole rings is 1. The Morgan fingerprint density at radius 1 is 1.50 bits per heavy atom. The number of aromatic nitrogens is 1. The van der Waals surface area contributed by atoms with Crippen molar-refractivity contribution in [1.82, 2.24) is 4.98 Å². The summed E-state index contributed by atoms with van der Waals surface area (Å²) in [7, 11) is 1.34. The third-order valence-corrected chi connectivity index (χ3v) is 4.04. The quantitative estimate of drug-likeness (QED) is 0.669. The summed E-state index contributed by atoms with van der Waals surface area (Å²) in [6, 6.07) is 5.26. The minimum atomic E-state index is -0.441. The Labute approximate surface area is 121 Å². The van der Waals surface area contributed by atoms with E-state index < -0.39 is 5.97 Å². The summed E-state index contributed by atoms with van der Waals surface area (Å²) in [5.41, 5.74) is 8.46. The first-order valence-electron chi connectivity index (χ1n) is 6.18. The number of hydrogen-bond donors (Lipinski definition) is 2. The number of nitrogens with zero attached hydrogens (tertiary/aromatic N) is 1. The number of ether oxygens (including phenoxy) is 1. The van der Waals surface area contributed by atoms with Gasteiger partial charge in [-0.3, -0.25) is 0 Å².